The van der Waals surface area contributed by atoms with Crippen LogP contribution in [0.5, 0.6) is 0 Å². The smallest absolute Gasteiger partial charge is 0.285 e. The quantitative estimate of drug-likeness (QED) is 0.639. The number of aryl methyl sites for hydroxylation is 1. The lowest BCUT2D eigenvalue weighted by molar-refractivity contribution is 0.262. The molecule has 1 heterocycles. The largest absolute Gasteiger partial charge is 0.345 e. The van der Waals surface area contributed by atoms with Gasteiger partial charge in [-0.25, -0.2) is 9.48 Å². The molecule has 66 valence electrons. The topological polar surface area (TPSA) is 39.8 Å². The molecule has 0 bridgehead atoms. The van der Waals surface area contributed by atoms with Crippen molar-refractivity contribution in [1.82, 2.24) is 14.3 Å². The van der Waals surface area contributed by atoms with Crippen LogP contribution in [0.3, 0.4) is 0 Å². The lowest BCUT2D eigenvalue weighted by Gasteiger charge is -2.24. The fraction of sp³-hybridized carbons (Fsp3) is 0.750. The van der Waals surface area contributed by atoms with Crippen LogP contribution in [-0.4, -0.2) is 14.3 Å². The Morgan fingerprint density at radius 1 is 1.67 bits per heavy atom. The summed E-state index contributed by atoms with van der Waals surface area (Å²) in [5, 5.41) is 4.00. The summed E-state index contributed by atoms with van der Waals surface area (Å²) in [6.07, 6.45) is 5.39. The minimum atomic E-state index is 0.00176. The highest BCUT2D eigenvalue weighted by molar-refractivity contribution is 4.72. The maximum atomic E-state index is 11.3. The molecule has 1 fully saturated rings. The third kappa shape index (κ3) is 1.17. The predicted octanol–water partition coefficient (Wildman–Crippen LogP) is 0.382. The summed E-state index contributed by atoms with van der Waals surface area (Å²) in [5.41, 5.74) is 0.00176. The number of aromatic nitrogens is 3. The van der Waals surface area contributed by atoms with E-state index in [9.17, 15) is 4.79 Å². The highest BCUT2D eigenvalue weighted by Gasteiger charge is 2.19. The van der Waals surface area contributed by atoms with E-state index < -0.39 is 0 Å². The molecule has 1 saturated carbocycles. The van der Waals surface area contributed by atoms with Gasteiger partial charge in [0.15, 0.2) is 0 Å². The monoisotopic (exact) mass is 167 g/mol. The first kappa shape index (κ1) is 7.58. The summed E-state index contributed by atoms with van der Waals surface area (Å²) < 4.78 is 3.07. The third-order valence-electron chi connectivity index (χ3n) is 2.54. The van der Waals surface area contributed by atoms with Gasteiger partial charge in [-0.3, -0.25) is 4.57 Å². The summed E-state index contributed by atoms with van der Waals surface area (Å²) in [4.78, 5) is 11.3. The second-order valence-electron chi connectivity index (χ2n) is 3.50. The van der Waals surface area contributed by atoms with Crippen molar-refractivity contribution in [3.8, 4) is 0 Å². The molecule has 0 saturated heterocycles. The molecule has 2 rings (SSSR count). The molecule has 1 aliphatic rings. The van der Waals surface area contributed by atoms with Gasteiger partial charge in [-0.2, -0.15) is 5.10 Å². The van der Waals surface area contributed by atoms with E-state index in [2.05, 4.69) is 5.10 Å². The van der Waals surface area contributed by atoms with Gasteiger partial charge in [0.25, 0.3) is 0 Å². The van der Waals surface area contributed by atoms with Gasteiger partial charge in [0.2, 0.25) is 0 Å². The molecule has 0 aromatic carbocycles. The second-order valence-corrected chi connectivity index (χ2v) is 3.50. The summed E-state index contributed by atoms with van der Waals surface area (Å²) in [5.74, 6) is 0.692. The van der Waals surface area contributed by atoms with Crippen molar-refractivity contribution >= 4 is 0 Å². The van der Waals surface area contributed by atoms with Gasteiger partial charge in [-0.1, -0.05) is 6.42 Å². The van der Waals surface area contributed by atoms with Crippen LogP contribution in [0, 0.1) is 5.92 Å². The highest BCUT2D eigenvalue weighted by Crippen LogP contribution is 2.26. The molecule has 1 aromatic heterocycles. The average Bonchev–Trinajstić information content (AvgIpc) is 2.27. The van der Waals surface area contributed by atoms with E-state index in [0.29, 0.717) is 5.92 Å². The number of hydrogen-bond acceptors (Lipinski definition) is 2. The van der Waals surface area contributed by atoms with Gasteiger partial charge in [0, 0.05) is 13.6 Å². The summed E-state index contributed by atoms with van der Waals surface area (Å²) in [6, 6.07) is 0. The van der Waals surface area contributed by atoms with Crippen LogP contribution in [0.2, 0.25) is 0 Å². The number of nitrogens with zero attached hydrogens (tertiary/aromatic N) is 3. The molecule has 4 nitrogen and oxygen atoms in total. The molecule has 1 aliphatic carbocycles. The van der Waals surface area contributed by atoms with Crippen LogP contribution in [0.25, 0.3) is 0 Å². The van der Waals surface area contributed by atoms with Crippen LogP contribution in [-0.2, 0) is 13.6 Å². The Labute approximate surface area is 70.8 Å². The zero-order valence-corrected chi connectivity index (χ0v) is 7.23. The fourth-order valence-corrected chi connectivity index (χ4v) is 1.47. The van der Waals surface area contributed by atoms with Crippen molar-refractivity contribution in [2.45, 2.75) is 25.8 Å². The van der Waals surface area contributed by atoms with Gasteiger partial charge in [0.1, 0.15) is 6.33 Å². The van der Waals surface area contributed by atoms with Crippen LogP contribution >= 0.6 is 0 Å². The molecule has 0 aliphatic heterocycles. The Kier molecular flexibility index (Phi) is 1.75. The summed E-state index contributed by atoms with van der Waals surface area (Å²) in [7, 11) is 1.73. The van der Waals surface area contributed by atoms with Gasteiger partial charge in [0.05, 0.1) is 0 Å². The SMILES string of the molecule is Cn1cnn(CC2CCC2)c1=O. The minimum absolute atomic E-state index is 0.00176. The first-order chi connectivity index (χ1) is 5.77. The van der Waals surface area contributed by atoms with Crippen molar-refractivity contribution < 1.29 is 0 Å². The average molecular weight is 167 g/mol. The molecular formula is C8H13N3O. The highest BCUT2D eigenvalue weighted by atomic mass is 16.2. The molecule has 0 N–H and O–H groups in total. The van der Waals surface area contributed by atoms with Gasteiger partial charge in [-0.15, -0.1) is 0 Å². The molecule has 4 heteroatoms. The summed E-state index contributed by atoms with van der Waals surface area (Å²) in [6.45, 7) is 0.805. The van der Waals surface area contributed by atoms with Crippen molar-refractivity contribution in [1.29, 1.82) is 0 Å². The van der Waals surface area contributed by atoms with Gasteiger partial charge >= 0.3 is 5.69 Å². The van der Waals surface area contributed by atoms with Gasteiger partial charge < -0.3 is 0 Å². The standard InChI is InChI=1S/C8H13N3O/c1-10-6-9-11(8(10)12)5-7-3-2-4-7/h6-7H,2-5H2,1H3. The molecule has 0 amide bonds. The van der Waals surface area contributed by atoms with Crippen molar-refractivity contribution in [2.24, 2.45) is 13.0 Å². The molecule has 0 spiro atoms. The van der Waals surface area contributed by atoms with E-state index in [1.54, 1.807) is 18.1 Å². The Balaban J connectivity index is 2.12. The van der Waals surface area contributed by atoms with E-state index in [0.717, 1.165) is 6.54 Å². The van der Waals surface area contributed by atoms with E-state index in [1.165, 1.54) is 23.8 Å². The van der Waals surface area contributed by atoms with E-state index in [4.69, 9.17) is 0 Å². The molecule has 0 radical (unpaired) electrons. The Hall–Kier alpha value is -1.06. The van der Waals surface area contributed by atoms with Crippen molar-refractivity contribution in [3.05, 3.63) is 16.8 Å². The molecule has 0 unspecified atom stereocenters. The summed E-state index contributed by atoms with van der Waals surface area (Å²) >= 11 is 0. The minimum Gasteiger partial charge on any atom is -0.285 e. The molecule has 12 heavy (non-hydrogen) atoms. The maximum Gasteiger partial charge on any atom is 0.345 e. The van der Waals surface area contributed by atoms with E-state index in [1.807, 2.05) is 0 Å². The normalized spacial score (nSPS) is 17.8. The Morgan fingerprint density at radius 3 is 2.83 bits per heavy atom. The number of rotatable bonds is 2. The lowest BCUT2D eigenvalue weighted by Crippen LogP contribution is -2.28. The zero-order chi connectivity index (χ0) is 8.55. The van der Waals surface area contributed by atoms with Crippen LogP contribution in [0.1, 0.15) is 19.3 Å². The number of hydrogen-bond donors (Lipinski definition) is 0. The van der Waals surface area contributed by atoms with E-state index in [-0.39, 0.29) is 5.69 Å². The zero-order valence-electron chi connectivity index (χ0n) is 7.23. The van der Waals surface area contributed by atoms with E-state index >= 15 is 0 Å². The van der Waals surface area contributed by atoms with Crippen molar-refractivity contribution in [3.63, 3.8) is 0 Å². The Bertz CT molecular complexity index is 321. The van der Waals surface area contributed by atoms with Gasteiger partial charge in [-0.05, 0) is 18.8 Å². The Morgan fingerprint density at radius 2 is 2.42 bits per heavy atom. The predicted molar refractivity (Wildman–Crippen MR) is 44.8 cm³/mol. The first-order valence-corrected chi connectivity index (χ1v) is 4.36. The maximum absolute atomic E-state index is 11.3. The molecular weight excluding hydrogens is 154 g/mol. The van der Waals surface area contributed by atoms with Crippen LogP contribution < -0.4 is 5.69 Å². The molecule has 0 atom stereocenters. The van der Waals surface area contributed by atoms with Crippen molar-refractivity contribution in [2.75, 3.05) is 0 Å². The lowest BCUT2D eigenvalue weighted by atomic mass is 9.86. The van der Waals surface area contributed by atoms with Crippen LogP contribution in [0.4, 0.5) is 0 Å². The van der Waals surface area contributed by atoms with Crippen LogP contribution in [0.15, 0.2) is 11.1 Å². The third-order valence-corrected chi connectivity index (χ3v) is 2.54. The fourth-order valence-electron chi connectivity index (χ4n) is 1.47. The molecule has 1 aromatic rings. The second kappa shape index (κ2) is 2.77. The first-order valence-electron chi connectivity index (χ1n) is 4.36.